The lowest BCUT2D eigenvalue weighted by Crippen LogP contribution is -2.36. The normalized spacial score (nSPS) is 14.0. The first kappa shape index (κ1) is 21.7. The van der Waals surface area contributed by atoms with Crippen LogP contribution in [0.15, 0.2) is 48.5 Å². The van der Waals surface area contributed by atoms with Crippen LogP contribution in [0.1, 0.15) is 55.8 Å². The first-order chi connectivity index (χ1) is 14.6. The Labute approximate surface area is 178 Å². The maximum absolute atomic E-state index is 12.5. The third kappa shape index (κ3) is 6.79. The van der Waals surface area contributed by atoms with Gasteiger partial charge in [-0.2, -0.15) is 0 Å². The van der Waals surface area contributed by atoms with Crippen molar-refractivity contribution >= 4 is 23.2 Å². The predicted octanol–water partition coefficient (Wildman–Crippen LogP) is 4.59. The zero-order valence-electron chi connectivity index (χ0n) is 17.6. The molecule has 1 aliphatic carbocycles. The van der Waals surface area contributed by atoms with Gasteiger partial charge in [0.1, 0.15) is 5.75 Å². The summed E-state index contributed by atoms with van der Waals surface area (Å²) in [4.78, 5) is 24.9. The van der Waals surface area contributed by atoms with Crippen LogP contribution in [0, 0.1) is 0 Å². The summed E-state index contributed by atoms with van der Waals surface area (Å²) in [7, 11) is 0. The van der Waals surface area contributed by atoms with Gasteiger partial charge in [0.15, 0.2) is 0 Å². The van der Waals surface area contributed by atoms with E-state index in [0.717, 1.165) is 30.7 Å². The average molecular weight is 410 g/mol. The van der Waals surface area contributed by atoms with Gasteiger partial charge in [-0.3, -0.25) is 9.59 Å². The molecule has 0 heterocycles. The number of rotatable bonds is 9. The second kappa shape index (κ2) is 11.2. The van der Waals surface area contributed by atoms with Gasteiger partial charge in [-0.15, -0.1) is 0 Å². The molecule has 0 aliphatic heterocycles. The number of amides is 2. The molecule has 0 unspecified atom stereocenters. The molecule has 1 aliphatic rings. The zero-order chi connectivity index (χ0) is 21.2. The highest BCUT2D eigenvalue weighted by Gasteiger charge is 2.17. The van der Waals surface area contributed by atoms with Crippen molar-refractivity contribution in [3.8, 4) is 5.75 Å². The van der Waals surface area contributed by atoms with Crippen molar-refractivity contribution < 1.29 is 14.3 Å². The Bertz CT molecular complexity index is 847. The fourth-order valence-corrected chi connectivity index (χ4v) is 3.56. The van der Waals surface area contributed by atoms with Crippen LogP contribution in [0.25, 0.3) is 0 Å². The molecule has 1 fully saturated rings. The molecule has 160 valence electrons. The predicted molar refractivity (Wildman–Crippen MR) is 120 cm³/mol. The van der Waals surface area contributed by atoms with Gasteiger partial charge in [0.2, 0.25) is 5.91 Å². The molecule has 0 radical (unpaired) electrons. The van der Waals surface area contributed by atoms with Crippen LogP contribution in [-0.2, 0) is 4.79 Å². The first-order valence-corrected chi connectivity index (χ1v) is 10.8. The number of hydrogen-bond donors (Lipinski definition) is 3. The topological polar surface area (TPSA) is 79.5 Å². The fraction of sp³-hybridized carbons (Fsp3) is 0.417. The summed E-state index contributed by atoms with van der Waals surface area (Å²) < 4.78 is 5.61. The summed E-state index contributed by atoms with van der Waals surface area (Å²) in [5.41, 5.74) is 1.99. The van der Waals surface area contributed by atoms with Crippen LogP contribution < -0.4 is 20.7 Å². The molecule has 0 atom stereocenters. The molecule has 6 heteroatoms. The number of ether oxygens (including phenoxy) is 1. The number of nitrogens with one attached hydrogen (secondary N) is 3. The maximum atomic E-state index is 12.5. The van der Waals surface area contributed by atoms with Crippen LogP contribution in [-0.4, -0.2) is 31.0 Å². The van der Waals surface area contributed by atoms with Gasteiger partial charge < -0.3 is 20.7 Å². The van der Waals surface area contributed by atoms with Gasteiger partial charge in [0.05, 0.1) is 13.2 Å². The Kier molecular flexibility index (Phi) is 8.12. The van der Waals surface area contributed by atoms with E-state index in [2.05, 4.69) is 22.9 Å². The summed E-state index contributed by atoms with van der Waals surface area (Å²) in [6.45, 7) is 2.84. The molecule has 30 heavy (non-hydrogen) atoms. The van der Waals surface area contributed by atoms with E-state index in [-0.39, 0.29) is 24.4 Å². The van der Waals surface area contributed by atoms with E-state index in [4.69, 9.17) is 4.74 Å². The highest BCUT2D eigenvalue weighted by molar-refractivity contribution is 5.98. The molecule has 3 N–H and O–H groups in total. The van der Waals surface area contributed by atoms with Crippen LogP contribution in [0.4, 0.5) is 11.4 Å². The quantitative estimate of drug-likeness (QED) is 0.566. The van der Waals surface area contributed by atoms with Crippen molar-refractivity contribution in [2.24, 2.45) is 0 Å². The number of carbonyl (C=O) groups excluding carboxylic acids is 2. The lowest BCUT2D eigenvalue weighted by molar-refractivity contribution is -0.114. The van der Waals surface area contributed by atoms with Gasteiger partial charge in [-0.1, -0.05) is 38.3 Å². The fourth-order valence-electron chi connectivity index (χ4n) is 3.56. The molecule has 0 bridgehead atoms. The molecule has 0 aromatic heterocycles. The zero-order valence-corrected chi connectivity index (χ0v) is 17.6. The number of benzene rings is 2. The number of hydrogen-bond acceptors (Lipinski definition) is 4. The molecule has 6 nitrogen and oxygen atoms in total. The average Bonchev–Trinajstić information content (AvgIpc) is 2.77. The van der Waals surface area contributed by atoms with Crippen molar-refractivity contribution in [2.75, 3.05) is 23.8 Å². The monoisotopic (exact) mass is 409 g/mol. The summed E-state index contributed by atoms with van der Waals surface area (Å²) in [6.07, 6.45) is 6.61. The Hall–Kier alpha value is -3.02. The van der Waals surface area contributed by atoms with Crippen molar-refractivity contribution in [2.45, 2.75) is 51.5 Å². The second-order valence-electron chi connectivity index (χ2n) is 7.67. The molecule has 1 saturated carbocycles. The highest BCUT2D eigenvalue weighted by atomic mass is 16.5. The highest BCUT2D eigenvalue weighted by Crippen LogP contribution is 2.19. The third-order valence-electron chi connectivity index (χ3n) is 5.11. The minimum atomic E-state index is -0.181. The standard InChI is InChI=1S/C24H31N3O3/c1-2-14-30-22-13-7-11-20(16-22)25-17-23(28)26-21-12-6-8-18(15-21)24(29)27-19-9-4-3-5-10-19/h6-8,11-13,15-16,19,25H,2-5,9-10,14,17H2,1H3,(H,26,28)(H,27,29). The summed E-state index contributed by atoms with van der Waals surface area (Å²) in [5.74, 6) is 0.513. The summed E-state index contributed by atoms with van der Waals surface area (Å²) in [6, 6.07) is 14.9. The van der Waals surface area contributed by atoms with Crippen molar-refractivity contribution in [3.63, 3.8) is 0 Å². The smallest absolute Gasteiger partial charge is 0.251 e. The van der Waals surface area contributed by atoms with Crippen molar-refractivity contribution in [1.29, 1.82) is 0 Å². The number of carbonyl (C=O) groups is 2. The molecular formula is C24H31N3O3. The number of anilines is 2. The van der Waals surface area contributed by atoms with E-state index in [1.807, 2.05) is 24.3 Å². The second-order valence-corrected chi connectivity index (χ2v) is 7.67. The Morgan fingerprint density at radius 1 is 1.00 bits per heavy atom. The molecule has 2 aromatic carbocycles. The van der Waals surface area contributed by atoms with Crippen LogP contribution >= 0.6 is 0 Å². The molecule has 3 rings (SSSR count). The van der Waals surface area contributed by atoms with E-state index in [0.29, 0.717) is 17.9 Å². The summed E-state index contributed by atoms with van der Waals surface area (Å²) >= 11 is 0. The van der Waals surface area contributed by atoms with Crippen molar-refractivity contribution in [1.82, 2.24) is 5.32 Å². The molecule has 2 aromatic rings. The SMILES string of the molecule is CCCOc1cccc(NCC(=O)Nc2cccc(C(=O)NC3CCCCC3)c2)c1. The third-order valence-corrected chi connectivity index (χ3v) is 5.11. The molecular weight excluding hydrogens is 378 g/mol. The van der Waals surface area contributed by atoms with E-state index < -0.39 is 0 Å². The van der Waals surface area contributed by atoms with E-state index in [1.165, 1.54) is 19.3 Å². The van der Waals surface area contributed by atoms with E-state index >= 15 is 0 Å². The molecule has 0 saturated heterocycles. The lowest BCUT2D eigenvalue weighted by atomic mass is 9.95. The van der Waals surface area contributed by atoms with E-state index in [1.54, 1.807) is 24.3 Å². The van der Waals surface area contributed by atoms with Crippen LogP contribution in [0.3, 0.4) is 0 Å². The van der Waals surface area contributed by atoms with Gasteiger partial charge in [-0.25, -0.2) is 0 Å². The van der Waals surface area contributed by atoms with Gasteiger partial charge in [-0.05, 0) is 49.6 Å². The first-order valence-electron chi connectivity index (χ1n) is 10.8. The van der Waals surface area contributed by atoms with Gasteiger partial charge in [0, 0.05) is 29.0 Å². The Morgan fingerprint density at radius 2 is 1.77 bits per heavy atom. The van der Waals surface area contributed by atoms with Gasteiger partial charge >= 0.3 is 0 Å². The molecule has 0 spiro atoms. The Morgan fingerprint density at radius 3 is 2.57 bits per heavy atom. The minimum absolute atomic E-state index is 0.0833. The lowest BCUT2D eigenvalue weighted by Gasteiger charge is -2.22. The van der Waals surface area contributed by atoms with Crippen molar-refractivity contribution in [3.05, 3.63) is 54.1 Å². The maximum Gasteiger partial charge on any atom is 0.251 e. The minimum Gasteiger partial charge on any atom is -0.494 e. The van der Waals surface area contributed by atoms with Gasteiger partial charge in [0.25, 0.3) is 5.91 Å². The summed E-state index contributed by atoms with van der Waals surface area (Å²) in [5, 5.41) is 9.06. The largest absolute Gasteiger partial charge is 0.494 e. The molecule has 2 amide bonds. The van der Waals surface area contributed by atoms with Crippen LogP contribution in [0.2, 0.25) is 0 Å². The Balaban J connectivity index is 1.50. The van der Waals surface area contributed by atoms with Crippen LogP contribution in [0.5, 0.6) is 5.75 Å². The van der Waals surface area contributed by atoms with E-state index in [9.17, 15) is 9.59 Å².